The quantitative estimate of drug-likeness (QED) is 0.576. The van der Waals surface area contributed by atoms with Crippen molar-refractivity contribution in [3.8, 4) is 0 Å². The van der Waals surface area contributed by atoms with Gasteiger partial charge in [-0.3, -0.25) is 9.69 Å². The number of ether oxygens (including phenoxy) is 1. The Morgan fingerprint density at radius 1 is 1.26 bits per heavy atom. The van der Waals surface area contributed by atoms with E-state index in [0.29, 0.717) is 29.8 Å². The lowest BCUT2D eigenvalue weighted by atomic mass is 10.1. The first-order valence-electron chi connectivity index (χ1n) is 9.83. The molecule has 0 unspecified atom stereocenters. The maximum absolute atomic E-state index is 14.7. The molecule has 3 aromatic heterocycles. The molecule has 0 aromatic carbocycles. The van der Waals surface area contributed by atoms with Gasteiger partial charge in [-0.15, -0.1) is 5.10 Å². The Labute approximate surface area is 181 Å². The van der Waals surface area contributed by atoms with E-state index in [1.165, 1.54) is 23.1 Å². The van der Waals surface area contributed by atoms with Gasteiger partial charge in [-0.2, -0.15) is 4.39 Å². The van der Waals surface area contributed by atoms with Crippen molar-refractivity contribution >= 4 is 40.3 Å². The van der Waals surface area contributed by atoms with Crippen molar-refractivity contribution in [1.82, 2.24) is 24.5 Å². The maximum atomic E-state index is 14.7. The number of amides is 1. The van der Waals surface area contributed by atoms with Crippen LogP contribution in [0.5, 0.6) is 0 Å². The summed E-state index contributed by atoms with van der Waals surface area (Å²) < 4.78 is 21.3. The lowest BCUT2D eigenvalue weighted by molar-refractivity contribution is -0.0660. The standard InChI is InChI=1S/C19H20ClFN8O2/c20-11-7-24-18-14(17(22)26-29(18)8-11)19(30)25-15-13(1-2-23-16(15)21)28-5-3-27(4-6-28)12-9-31-10-12/h1-2,7-8,12H,3-6,9-10H2,(H2,22,26)(H,25,30). The number of fused-ring (bicyclic) bond motifs is 1. The highest BCUT2D eigenvalue weighted by Gasteiger charge is 2.30. The van der Waals surface area contributed by atoms with Gasteiger partial charge in [0.15, 0.2) is 11.5 Å². The van der Waals surface area contributed by atoms with Crippen LogP contribution in [0.15, 0.2) is 24.7 Å². The number of nitrogens with zero attached hydrogens (tertiary/aromatic N) is 6. The van der Waals surface area contributed by atoms with Gasteiger partial charge >= 0.3 is 0 Å². The molecule has 2 aliphatic heterocycles. The molecule has 2 fully saturated rings. The molecule has 0 bridgehead atoms. The number of nitrogens with one attached hydrogen (secondary N) is 1. The molecule has 2 aliphatic rings. The largest absolute Gasteiger partial charge is 0.381 e. The summed E-state index contributed by atoms with van der Waals surface area (Å²) >= 11 is 5.92. The molecule has 31 heavy (non-hydrogen) atoms. The summed E-state index contributed by atoms with van der Waals surface area (Å²) in [6.45, 7) is 4.56. The van der Waals surface area contributed by atoms with E-state index in [0.717, 1.165) is 26.3 Å². The Morgan fingerprint density at radius 3 is 2.74 bits per heavy atom. The van der Waals surface area contributed by atoms with E-state index >= 15 is 0 Å². The van der Waals surface area contributed by atoms with E-state index in [9.17, 15) is 9.18 Å². The van der Waals surface area contributed by atoms with Gasteiger partial charge in [0.2, 0.25) is 5.95 Å². The van der Waals surface area contributed by atoms with Crippen LogP contribution in [0.3, 0.4) is 0 Å². The number of halogens is 2. The van der Waals surface area contributed by atoms with E-state index in [4.69, 9.17) is 22.1 Å². The number of pyridine rings is 1. The van der Waals surface area contributed by atoms with Gasteiger partial charge in [0.1, 0.15) is 11.3 Å². The third-order valence-corrected chi connectivity index (χ3v) is 5.80. The number of rotatable bonds is 4. The molecule has 5 heterocycles. The molecule has 0 spiro atoms. The summed E-state index contributed by atoms with van der Waals surface area (Å²) in [5, 5.41) is 7.03. The second-order valence-electron chi connectivity index (χ2n) is 7.46. The predicted octanol–water partition coefficient (Wildman–Crippen LogP) is 1.27. The average Bonchev–Trinajstić information content (AvgIpc) is 3.03. The van der Waals surface area contributed by atoms with Crippen molar-refractivity contribution in [2.75, 3.05) is 55.3 Å². The number of hydrogen-bond acceptors (Lipinski definition) is 8. The highest BCUT2D eigenvalue weighted by molar-refractivity contribution is 6.30. The minimum absolute atomic E-state index is 0.000594. The molecule has 3 aromatic rings. The highest BCUT2D eigenvalue weighted by atomic mass is 35.5. The number of nitrogens with two attached hydrogens (primary N) is 1. The fraction of sp³-hybridized carbons (Fsp3) is 0.368. The molecule has 0 saturated carbocycles. The molecule has 2 saturated heterocycles. The van der Waals surface area contributed by atoms with E-state index in [-0.39, 0.29) is 22.7 Å². The van der Waals surface area contributed by atoms with Crippen molar-refractivity contribution in [3.63, 3.8) is 0 Å². The second-order valence-corrected chi connectivity index (χ2v) is 7.90. The van der Waals surface area contributed by atoms with Crippen LogP contribution in [0.4, 0.5) is 21.6 Å². The molecule has 162 valence electrons. The van der Waals surface area contributed by atoms with Crippen LogP contribution in [0.25, 0.3) is 5.65 Å². The molecule has 12 heteroatoms. The zero-order valence-electron chi connectivity index (χ0n) is 16.5. The van der Waals surface area contributed by atoms with Crippen LogP contribution < -0.4 is 16.0 Å². The average molecular weight is 447 g/mol. The van der Waals surface area contributed by atoms with Gasteiger partial charge in [0.25, 0.3) is 5.91 Å². The molecular formula is C19H20ClFN8O2. The van der Waals surface area contributed by atoms with Gasteiger partial charge in [-0.25, -0.2) is 14.5 Å². The van der Waals surface area contributed by atoms with Crippen LogP contribution in [0, 0.1) is 5.95 Å². The maximum Gasteiger partial charge on any atom is 0.263 e. The molecule has 0 atom stereocenters. The fourth-order valence-electron chi connectivity index (χ4n) is 3.89. The first-order chi connectivity index (χ1) is 15.0. The molecule has 1 amide bonds. The molecule has 3 N–H and O–H groups in total. The number of piperazine rings is 1. The highest BCUT2D eigenvalue weighted by Crippen LogP contribution is 2.30. The Bertz CT molecular complexity index is 1140. The first-order valence-corrected chi connectivity index (χ1v) is 10.2. The van der Waals surface area contributed by atoms with E-state index in [1.54, 1.807) is 6.07 Å². The Hall–Kier alpha value is -3.02. The lowest BCUT2D eigenvalue weighted by Gasteiger charge is -2.43. The van der Waals surface area contributed by atoms with E-state index < -0.39 is 11.9 Å². The number of carbonyl (C=O) groups is 1. The van der Waals surface area contributed by atoms with Gasteiger partial charge in [0, 0.05) is 38.6 Å². The number of anilines is 3. The first kappa shape index (κ1) is 19.9. The Morgan fingerprint density at radius 2 is 2.03 bits per heavy atom. The molecule has 0 radical (unpaired) electrons. The summed E-state index contributed by atoms with van der Waals surface area (Å²) in [5.74, 6) is -1.43. The Balaban J connectivity index is 1.40. The lowest BCUT2D eigenvalue weighted by Crippen LogP contribution is -2.56. The smallest absolute Gasteiger partial charge is 0.263 e. The van der Waals surface area contributed by atoms with Crippen molar-refractivity contribution in [1.29, 1.82) is 0 Å². The second kappa shape index (κ2) is 7.91. The predicted molar refractivity (Wildman–Crippen MR) is 113 cm³/mol. The summed E-state index contributed by atoms with van der Waals surface area (Å²) in [6, 6.07) is 2.15. The summed E-state index contributed by atoms with van der Waals surface area (Å²) in [7, 11) is 0. The number of hydrogen-bond donors (Lipinski definition) is 2. The van der Waals surface area contributed by atoms with Crippen molar-refractivity contribution in [3.05, 3.63) is 41.2 Å². The van der Waals surface area contributed by atoms with E-state index in [2.05, 4.69) is 25.3 Å². The molecule has 10 nitrogen and oxygen atoms in total. The SMILES string of the molecule is Nc1nn2cc(Cl)cnc2c1C(=O)Nc1c(N2CCN(C3COC3)CC2)ccnc1F. The van der Waals surface area contributed by atoms with Crippen LogP contribution in [-0.4, -0.2) is 75.8 Å². The van der Waals surface area contributed by atoms with E-state index in [1.807, 2.05) is 4.90 Å². The summed E-state index contributed by atoms with van der Waals surface area (Å²) in [6.07, 6.45) is 4.26. The number of aromatic nitrogens is 4. The number of nitrogen functional groups attached to an aromatic ring is 1. The monoisotopic (exact) mass is 446 g/mol. The van der Waals surface area contributed by atoms with Crippen molar-refractivity contribution < 1.29 is 13.9 Å². The Kier molecular flexibility index (Phi) is 5.08. The third kappa shape index (κ3) is 3.64. The van der Waals surface area contributed by atoms with Crippen LogP contribution >= 0.6 is 11.6 Å². The third-order valence-electron chi connectivity index (χ3n) is 5.61. The van der Waals surface area contributed by atoms with Crippen LogP contribution in [-0.2, 0) is 4.74 Å². The van der Waals surface area contributed by atoms with Crippen molar-refractivity contribution in [2.24, 2.45) is 0 Å². The molecular weight excluding hydrogens is 427 g/mol. The van der Waals surface area contributed by atoms with Gasteiger partial charge in [-0.1, -0.05) is 11.6 Å². The topological polar surface area (TPSA) is 114 Å². The van der Waals surface area contributed by atoms with Crippen LogP contribution in [0.1, 0.15) is 10.4 Å². The zero-order chi connectivity index (χ0) is 21.5. The molecule has 5 rings (SSSR count). The summed E-state index contributed by atoms with van der Waals surface area (Å²) in [4.78, 5) is 25.3. The minimum Gasteiger partial charge on any atom is -0.381 e. The minimum atomic E-state index is -0.772. The molecule has 0 aliphatic carbocycles. The summed E-state index contributed by atoms with van der Waals surface area (Å²) in [5.41, 5.74) is 6.76. The fourth-order valence-corrected chi connectivity index (χ4v) is 4.03. The van der Waals surface area contributed by atoms with Crippen LogP contribution in [0.2, 0.25) is 5.02 Å². The zero-order valence-corrected chi connectivity index (χ0v) is 17.2. The normalized spacial score (nSPS) is 17.7. The van der Waals surface area contributed by atoms with Crippen molar-refractivity contribution in [2.45, 2.75) is 6.04 Å². The van der Waals surface area contributed by atoms with Gasteiger partial charge in [0.05, 0.1) is 36.2 Å². The van der Waals surface area contributed by atoms with Gasteiger partial charge < -0.3 is 20.7 Å². The number of carbonyl (C=O) groups excluding carboxylic acids is 1. The van der Waals surface area contributed by atoms with Gasteiger partial charge in [-0.05, 0) is 6.07 Å².